The third-order valence-corrected chi connectivity index (χ3v) is 5.87. The highest BCUT2D eigenvalue weighted by Gasteiger charge is 2.30. The number of halogens is 1. The first kappa shape index (κ1) is 24.1. The van der Waals surface area contributed by atoms with Gasteiger partial charge < -0.3 is 15.0 Å². The maximum atomic E-state index is 14.2. The minimum Gasteiger partial charge on any atom is -0.497 e. The number of amides is 2. The standard InChI is InChI=1S/C21H26FN3O5S/c1-15(21(27)23-2)24(13-16-8-5-6-11-19(16)22)20(26)14-25(31(4,28)29)17-9-7-10-18(12-17)30-3/h5-12,15H,13-14H2,1-4H3,(H,23,27)/t15-/m1/s1. The number of anilines is 1. The van der Waals surface area contributed by atoms with E-state index >= 15 is 0 Å². The number of hydrogen-bond acceptors (Lipinski definition) is 5. The Morgan fingerprint density at radius 1 is 1.16 bits per heavy atom. The van der Waals surface area contributed by atoms with Gasteiger partial charge in [0.15, 0.2) is 0 Å². The van der Waals surface area contributed by atoms with Gasteiger partial charge in [-0.05, 0) is 25.1 Å². The fourth-order valence-corrected chi connectivity index (χ4v) is 3.82. The zero-order valence-corrected chi connectivity index (χ0v) is 18.6. The Bertz CT molecular complexity index is 1040. The van der Waals surface area contributed by atoms with E-state index in [1.807, 2.05) is 0 Å². The Morgan fingerprint density at radius 2 is 1.84 bits per heavy atom. The fraction of sp³-hybridized carbons (Fsp3) is 0.333. The van der Waals surface area contributed by atoms with Gasteiger partial charge in [-0.15, -0.1) is 0 Å². The monoisotopic (exact) mass is 451 g/mol. The third kappa shape index (κ3) is 6.17. The molecule has 1 atom stereocenters. The number of nitrogens with one attached hydrogen (secondary N) is 1. The normalized spacial score (nSPS) is 12.0. The molecule has 8 nitrogen and oxygen atoms in total. The molecular weight excluding hydrogens is 425 g/mol. The van der Waals surface area contributed by atoms with Crippen LogP contribution in [0, 0.1) is 5.82 Å². The second-order valence-electron chi connectivity index (χ2n) is 6.87. The summed E-state index contributed by atoms with van der Waals surface area (Å²) in [5, 5.41) is 2.46. The largest absolute Gasteiger partial charge is 0.497 e. The van der Waals surface area contributed by atoms with Crippen LogP contribution in [0.2, 0.25) is 0 Å². The molecule has 2 aromatic rings. The number of carbonyl (C=O) groups is 2. The highest BCUT2D eigenvalue weighted by Crippen LogP contribution is 2.24. The van der Waals surface area contributed by atoms with E-state index in [0.29, 0.717) is 5.75 Å². The van der Waals surface area contributed by atoms with Gasteiger partial charge in [-0.2, -0.15) is 0 Å². The van der Waals surface area contributed by atoms with Crippen LogP contribution in [-0.4, -0.2) is 58.1 Å². The Hall–Kier alpha value is -3.14. The fourth-order valence-electron chi connectivity index (χ4n) is 2.98. The number of benzene rings is 2. The number of nitrogens with zero attached hydrogens (tertiary/aromatic N) is 2. The molecule has 0 spiro atoms. The predicted octanol–water partition coefficient (Wildman–Crippen LogP) is 1.76. The molecule has 0 saturated carbocycles. The van der Waals surface area contributed by atoms with Crippen molar-refractivity contribution in [1.82, 2.24) is 10.2 Å². The Balaban J connectivity index is 2.41. The number of carbonyl (C=O) groups excluding carboxylic acids is 2. The van der Waals surface area contributed by atoms with Crippen LogP contribution in [0.1, 0.15) is 12.5 Å². The van der Waals surface area contributed by atoms with Gasteiger partial charge in [0.2, 0.25) is 21.8 Å². The first-order valence-corrected chi connectivity index (χ1v) is 11.3. The van der Waals surface area contributed by atoms with E-state index in [0.717, 1.165) is 15.5 Å². The van der Waals surface area contributed by atoms with Crippen molar-refractivity contribution in [3.63, 3.8) is 0 Å². The van der Waals surface area contributed by atoms with Crippen molar-refractivity contribution >= 4 is 27.5 Å². The first-order valence-electron chi connectivity index (χ1n) is 9.44. The highest BCUT2D eigenvalue weighted by molar-refractivity contribution is 7.92. The molecule has 2 aromatic carbocycles. The molecule has 0 bridgehead atoms. The van der Waals surface area contributed by atoms with Crippen molar-refractivity contribution in [2.75, 3.05) is 31.3 Å². The number of likely N-dealkylation sites (N-methyl/N-ethyl adjacent to an activating group) is 1. The molecule has 0 aromatic heterocycles. The SMILES string of the molecule is CNC(=O)[C@@H](C)N(Cc1ccccc1F)C(=O)CN(c1cccc(OC)c1)S(C)(=O)=O. The summed E-state index contributed by atoms with van der Waals surface area (Å²) in [4.78, 5) is 26.6. The van der Waals surface area contributed by atoms with E-state index < -0.39 is 40.2 Å². The van der Waals surface area contributed by atoms with E-state index in [1.54, 1.807) is 18.2 Å². The molecule has 0 saturated heterocycles. The van der Waals surface area contributed by atoms with Crippen LogP contribution >= 0.6 is 0 Å². The molecule has 2 rings (SSSR count). The zero-order valence-electron chi connectivity index (χ0n) is 17.8. The van der Waals surface area contributed by atoms with Crippen LogP contribution in [0.5, 0.6) is 5.75 Å². The maximum absolute atomic E-state index is 14.2. The number of hydrogen-bond donors (Lipinski definition) is 1. The lowest BCUT2D eigenvalue weighted by molar-refractivity contribution is -0.139. The van der Waals surface area contributed by atoms with Gasteiger partial charge in [-0.25, -0.2) is 12.8 Å². The van der Waals surface area contributed by atoms with Gasteiger partial charge in [0.1, 0.15) is 24.2 Å². The van der Waals surface area contributed by atoms with Crippen molar-refractivity contribution in [2.24, 2.45) is 0 Å². The lowest BCUT2D eigenvalue weighted by Gasteiger charge is -2.31. The summed E-state index contributed by atoms with van der Waals surface area (Å²) in [6, 6.07) is 11.2. The Morgan fingerprint density at radius 3 is 2.42 bits per heavy atom. The molecule has 0 heterocycles. The highest BCUT2D eigenvalue weighted by atomic mass is 32.2. The third-order valence-electron chi connectivity index (χ3n) is 4.73. The summed E-state index contributed by atoms with van der Waals surface area (Å²) in [6.07, 6.45) is 0.975. The van der Waals surface area contributed by atoms with E-state index in [4.69, 9.17) is 4.74 Å². The van der Waals surface area contributed by atoms with Crippen LogP contribution in [0.15, 0.2) is 48.5 Å². The van der Waals surface area contributed by atoms with Crippen molar-refractivity contribution < 1.29 is 27.1 Å². The molecule has 0 radical (unpaired) electrons. The molecule has 2 amide bonds. The molecular formula is C21H26FN3O5S. The molecule has 1 N–H and O–H groups in total. The first-order chi connectivity index (χ1) is 14.6. The molecule has 168 valence electrons. The van der Waals surface area contributed by atoms with Crippen LogP contribution < -0.4 is 14.4 Å². The average Bonchev–Trinajstić information content (AvgIpc) is 2.74. The van der Waals surface area contributed by atoms with E-state index in [-0.39, 0.29) is 17.8 Å². The van der Waals surface area contributed by atoms with Gasteiger partial charge in [0.25, 0.3) is 0 Å². The van der Waals surface area contributed by atoms with Crippen molar-refractivity contribution in [3.05, 3.63) is 59.9 Å². The lowest BCUT2D eigenvalue weighted by atomic mass is 10.1. The minimum atomic E-state index is -3.85. The van der Waals surface area contributed by atoms with Gasteiger partial charge >= 0.3 is 0 Å². The van der Waals surface area contributed by atoms with Gasteiger partial charge in [0, 0.05) is 25.2 Å². The number of sulfonamides is 1. The summed E-state index contributed by atoms with van der Waals surface area (Å²) in [6.45, 7) is 0.728. The second kappa shape index (κ2) is 10.3. The van der Waals surface area contributed by atoms with Crippen LogP contribution in [-0.2, 0) is 26.2 Å². The number of ether oxygens (including phenoxy) is 1. The molecule has 10 heteroatoms. The zero-order chi connectivity index (χ0) is 23.2. The average molecular weight is 452 g/mol. The smallest absolute Gasteiger partial charge is 0.244 e. The number of rotatable bonds is 9. The maximum Gasteiger partial charge on any atom is 0.244 e. The summed E-state index contributed by atoms with van der Waals surface area (Å²) in [7, 11) is -0.987. The molecule has 31 heavy (non-hydrogen) atoms. The Labute approximate surface area is 181 Å². The van der Waals surface area contributed by atoms with Crippen LogP contribution in [0.4, 0.5) is 10.1 Å². The lowest BCUT2D eigenvalue weighted by Crippen LogP contribution is -2.50. The quantitative estimate of drug-likeness (QED) is 0.627. The second-order valence-corrected chi connectivity index (χ2v) is 8.78. The predicted molar refractivity (Wildman–Crippen MR) is 116 cm³/mol. The van der Waals surface area contributed by atoms with E-state index in [9.17, 15) is 22.4 Å². The van der Waals surface area contributed by atoms with Crippen molar-refractivity contribution in [2.45, 2.75) is 19.5 Å². The van der Waals surface area contributed by atoms with Crippen LogP contribution in [0.25, 0.3) is 0 Å². The molecule has 0 unspecified atom stereocenters. The summed E-state index contributed by atoms with van der Waals surface area (Å²) in [5.74, 6) is -1.23. The van der Waals surface area contributed by atoms with Crippen molar-refractivity contribution in [3.8, 4) is 5.75 Å². The van der Waals surface area contributed by atoms with E-state index in [1.165, 1.54) is 51.4 Å². The van der Waals surface area contributed by atoms with Gasteiger partial charge in [-0.1, -0.05) is 24.3 Å². The van der Waals surface area contributed by atoms with Crippen LogP contribution in [0.3, 0.4) is 0 Å². The summed E-state index contributed by atoms with van der Waals surface area (Å²) >= 11 is 0. The molecule has 0 aliphatic rings. The van der Waals surface area contributed by atoms with Gasteiger partial charge in [-0.3, -0.25) is 13.9 Å². The summed E-state index contributed by atoms with van der Waals surface area (Å²) in [5.41, 5.74) is 0.438. The number of methoxy groups -OCH3 is 1. The molecule has 0 aliphatic heterocycles. The van der Waals surface area contributed by atoms with Crippen molar-refractivity contribution in [1.29, 1.82) is 0 Å². The minimum absolute atomic E-state index is 0.199. The summed E-state index contributed by atoms with van der Waals surface area (Å²) < 4.78 is 45.1. The molecule has 0 fully saturated rings. The van der Waals surface area contributed by atoms with Gasteiger partial charge in [0.05, 0.1) is 19.1 Å². The van der Waals surface area contributed by atoms with E-state index in [2.05, 4.69) is 5.32 Å². The topological polar surface area (TPSA) is 96.0 Å². The molecule has 0 aliphatic carbocycles. The Kier molecular flexibility index (Phi) is 7.98.